The standard InChI is InChI=1S/C21H30N4/c1-24-11-13-25(14-12-24)10-2-9-23-20-7-8-21(15-19(20)21)18-5-3-17(16-22)4-6-18/h3-6,19-20,23H,2,7-15H2,1H3/t19?,20-,21-/m1/s1. The zero-order valence-corrected chi connectivity index (χ0v) is 15.4. The highest BCUT2D eigenvalue weighted by atomic mass is 15.2. The Bertz CT molecular complexity index is 626. The molecule has 134 valence electrons. The van der Waals surface area contributed by atoms with Crippen molar-refractivity contribution >= 4 is 0 Å². The Morgan fingerprint density at radius 3 is 2.64 bits per heavy atom. The summed E-state index contributed by atoms with van der Waals surface area (Å²) < 4.78 is 0. The van der Waals surface area contributed by atoms with Gasteiger partial charge in [0, 0.05) is 37.6 Å². The van der Waals surface area contributed by atoms with Gasteiger partial charge in [-0.05, 0) is 69.4 Å². The number of hydrogen-bond donors (Lipinski definition) is 1. The molecule has 4 rings (SSSR count). The summed E-state index contributed by atoms with van der Waals surface area (Å²) in [5, 5.41) is 12.8. The molecule has 1 N–H and O–H groups in total. The summed E-state index contributed by atoms with van der Waals surface area (Å²) in [6.07, 6.45) is 5.20. The van der Waals surface area contributed by atoms with Crippen LogP contribution in [0.2, 0.25) is 0 Å². The van der Waals surface area contributed by atoms with Gasteiger partial charge in [0.2, 0.25) is 0 Å². The van der Waals surface area contributed by atoms with Gasteiger partial charge in [-0.2, -0.15) is 5.26 Å². The van der Waals surface area contributed by atoms with E-state index in [9.17, 15) is 0 Å². The lowest BCUT2D eigenvalue weighted by atomic mass is 9.93. The molecule has 3 aliphatic rings. The Labute approximate surface area is 151 Å². The van der Waals surface area contributed by atoms with Crippen molar-refractivity contribution in [3.05, 3.63) is 35.4 Å². The van der Waals surface area contributed by atoms with Gasteiger partial charge in [0.25, 0.3) is 0 Å². The number of hydrogen-bond acceptors (Lipinski definition) is 4. The van der Waals surface area contributed by atoms with E-state index < -0.39 is 0 Å². The molecule has 0 radical (unpaired) electrons. The van der Waals surface area contributed by atoms with Crippen LogP contribution in [0.5, 0.6) is 0 Å². The van der Waals surface area contributed by atoms with Gasteiger partial charge in [0.15, 0.2) is 0 Å². The van der Waals surface area contributed by atoms with Gasteiger partial charge in [0.1, 0.15) is 0 Å². The fraction of sp³-hybridized carbons (Fsp3) is 0.667. The Morgan fingerprint density at radius 2 is 1.96 bits per heavy atom. The number of benzene rings is 1. The number of nitriles is 1. The third kappa shape index (κ3) is 3.46. The minimum Gasteiger partial charge on any atom is -0.314 e. The SMILES string of the molecule is CN1CCN(CCCN[C@@H]2CC[C@]3(c4ccc(C#N)cc4)CC23)CC1. The molecule has 0 bridgehead atoms. The molecule has 3 fully saturated rings. The lowest BCUT2D eigenvalue weighted by molar-refractivity contribution is 0.152. The highest BCUT2D eigenvalue weighted by Gasteiger charge is 2.61. The average molecular weight is 338 g/mol. The van der Waals surface area contributed by atoms with Crippen LogP contribution in [0, 0.1) is 17.2 Å². The summed E-state index contributed by atoms with van der Waals surface area (Å²) in [4.78, 5) is 5.03. The number of rotatable bonds is 6. The van der Waals surface area contributed by atoms with Crippen molar-refractivity contribution in [2.45, 2.75) is 37.1 Å². The summed E-state index contributed by atoms with van der Waals surface area (Å²) in [7, 11) is 2.22. The van der Waals surface area contributed by atoms with E-state index in [4.69, 9.17) is 5.26 Å². The third-order valence-corrected chi connectivity index (χ3v) is 6.76. The first-order valence-electron chi connectivity index (χ1n) is 9.86. The van der Waals surface area contributed by atoms with Gasteiger partial charge in [-0.3, -0.25) is 0 Å². The van der Waals surface area contributed by atoms with Gasteiger partial charge in [-0.1, -0.05) is 12.1 Å². The van der Waals surface area contributed by atoms with E-state index in [2.05, 4.69) is 40.4 Å². The maximum Gasteiger partial charge on any atom is 0.0991 e. The highest BCUT2D eigenvalue weighted by Crippen LogP contribution is 2.64. The topological polar surface area (TPSA) is 42.3 Å². The summed E-state index contributed by atoms with van der Waals surface area (Å²) >= 11 is 0. The lowest BCUT2D eigenvalue weighted by Gasteiger charge is -2.32. The van der Waals surface area contributed by atoms with Gasteiger partial charge < -0.3 is 15.1 Å². The van der Waals surface area contributed by atoms with E-state index in [1.165, 1.54) is 64.0 Å². The van der Waals surface area contributed by atoms with Crippen molar-refractivity contribution in [2.24, 2.45) is 5.92 Å². The largest absolute Gasteiger partial charge is 0.314 e. The van der Waals surface area contributed by atoms with Gasteiger partial charge >= 0.3 is 0 Å². The summed E-state index contributed by atoms with van der Waals surface area (Å²) in [6, 6.07) is 11.3. The van der Waals surface area contributed by atoms with E-state index in [0.717, 1.165) is 18.0 Å². The second kappa shape index (κ2) is 7.07. The Hall–Kier alpha value is -1.41. The molecule has 1 unspecified atom stereocenters. The summed E-state index contributed by atoms with van der Waals surface area (Å²) in [6.45, 7) is 7.27. The van der Waals surface area contributed by atoms with Crippen LogP contribution in [-0.4, -0.2) is 62.2 Å². The summed E-state index contributed by atoms with van der Waals surface area (Å²) in [5.41, 5.74) is 2.65. The number of likely N-dealkylation sites (N-methyl/N-ethyl adjacent to an activating group) is 1. The molecule has 1 aliphatic heterocycles. The first-order chi connectivity index (χ1) is 12.2. The fourth-order valence-corrected chi connectivity index (χ4v) is 5.02. The second-order valence-corrected chi connectivity index (χ2v) is 8.25. The molecule has 0 spiro atoms. The first kappa shape index (κ1) is 17.0. The van der Waals surface area contributed by atoms with Crippen LogP contribution >= 0.6 is 0 Å². The molecule has 0 amide bonds. The smallest absolute Gasteiger partial charge is 0.0991 e. The van der Waals surface area contributed by atoms with E-state index >= 15 is 0 Å². The molecule has 1 aromatic rings. The first-order valence-corrected chi connectivity index (χ1v) is 9.86. The maximum absolute atomic E-state index is 8.97. The van der Waals surface area contributed by atoms with Crippen LogP contribution < -0.4 is 5.32 Å². The predicted molar refractivity (Wildman–Crippen MR) is 101 cm³/mol. The molecule has 0 aromatic heterocycles. The quantitative estimate of drug-likeness (QED) is 0.808. The lowest BCUT2D eigenvalue weighted by Crippen LogP contribution is -2.45. The Morgan fingerprint density at radius 1 is 1.20 bits per heavy atom. The van der Waals surface area contributed by atoms with E-state index in [0.29, 0.717) is 11.5 Å². The third-order valence-electron chi connectivity index (χ3n) is 6.76. The molecule has 3 atom stereocenters. The number of piperazine rings is 1. The number of nitrogens with zero attached hydrogens (tertiary/aromatic N) is 3. The monoisotopic (exact) mass is 338 g/mol. The van der Waals surface area contributed by atoms with Crippen molar-refractivity contribution < 1.29 is 0 Å². The molecule has 1 saturated heterocycles. The summed E-state index contributed by atoms with van der Waals surface area (Å²) in [5.74, 6) is 0.809. The van der Waals surface area contributed by atoms with Crippen molar-refractivity contribution in [1.29, 1.82) is 5.26 Å². The number of nitrogens with one attached hydrogen (secondary N) is 1. The molecule has 1 heterocycles. The van der Waals surface area contributed by atoms with Crippen LogP contribution in [0.4, 0.5) is 0 Å². The van der Waals surface area contributed by atoms with E-state index in [-0.39, 0.29) is 0 Å². The average Bonchev–Trinajstić information content (AvgIpc) is 3.29. The van der Waals surface area contributed by atoms with Crippen molar-refractivity contribution in [3.8, 4) is 6.07 Å². The molecular formula is C21H30N4. The van der Waals surface area contributed by atoms with Crippen LogP contribution in [0.1, 0.15) is 36.8 Å². The number of fused-ring (bicyclic) bond motifs is 1. The van der Waals surface area contributed by atoms with E-state index in [1.54, 1.807) is 0 Å². The van der Waals surface area contributed by atoms with Crippen molar-refractivity contribution in [3.63, 3.8) is 0 Å². The Kier molecular flexibility index (Phi) is 4.82. The molecular weight excluding hydrogens is 308 g/mol. The minimum atomic E-state index is 0.420. The molecule has 2 saturated carbocycles. The molecule has 4 nitrogen and oxygen atoms in total. The maximum atomic E-state index is 8.97. The second-order valence-electron chi connectivity index (χ2n) is 8.25. The zero-order valence-electron chi connectivity index (χ0n) is 15.4. The minimum absolute atomic E-state index is 0.420. The van der Waals surface area contributed by atoms with E-state index in [1.807, 2.05) is 12.1 Å². The van der Waals surface area contributed by atoms with Crippen LogP contribution in [0.15, 0.2) is 24.3 Å². The van der Waals surface area contributed by atoms with Crippen LogP contribution in [0.3, 0.4) is 0 Å². The fourth-order valence-electron chi connectivity index (χ4n) is 5.02. The van der Waals surface area contributed by atoms with Crippen molar-refractivity contribution in [1.82, 2.24) is 15.1 Å². The van der Waals surface area contributed by atoms with Gasteiger partial charge in [-0.25, -0.2) is 0 Å². The van der Waals surface area contributed by atoms with Crippen LogP contribution in [-0.2, 0) is 5.41 Å². The zero-order chi connectivity index (χ0) is 17.3. The normalized spacial score (nSPS) is 32.3. The van der Waals surface area contributed by atoms with Gasteiger partial charge in [-0.15, -0.1) is 0 Å². The molecule has 1 aromatic carbocycles. The molecule has 25 heavy (non-hydrogen) atoms. The Balaban J connectivity index is 1.21. The van der Waals surface area contributed by atoms with Gasteiger partial charge in [0.05, 0.1) is 11.6 Å². The molecule has 4 heteroatoms. The molecule has 2 aliphatic carbocycles. The highest BCUT2D eigenvalue weighted by molar-refractivity contribution is 5.41. The van der Waals surface area contributed by atoms with Crippen LogP contribution in [0.25, 0.3) is 0 Å². The van der Waals surface area contributed by atoms with Crippen molar-refractivity contribution in [2.75, 3.05) is 46.3 Å². The predicted octanol–water partition coefficient (Wildman–Crippen LogP) is 2.21.